The minimum absolute atomic E-state index is 0.00755. The fraction of sp³-hybridized carbons (Fsp3) is 0.250. The predicted molar refractivity (Wildman–Crippen MR) is 75.0 cm³/mol. The second-order valence-electron chi connectivity index (χ2n) is 3.96. The first-order valence-electron chi connectivity index (χ1n) is 5.59. The SMILES string of the molecule is COCC(=O)Nc1nnc(-c2ccc(C)c(N)c2)s1. The van der Waals surface area contributed by atoms with Crippen molar-refractivity contribution in [3.63, 3.8) is 0 Å². The summed E-state index contributed by atoms with van der Waals surface area (Å²) in [4.78, 5) is 11.3. The molecule has 0 aliphatic rings. The number of nitrogens with zero attached hydrogens (tertiary/aromatic N) is 2. The van der Waals surface area contributed by atoms with E-state index in [4.69, 9.17) is 10.5 Å². The topological polar surface area (TPSA) is 90.1 Å². The highest BCUT2D eigenvalue weighted by atomic mass is 32.1. The number of nitrogens with two attached hydrogens (primary N) is 1. The van der Waals surface area contributed by atoms with Crippen LogP contribution >= 0.6 is 11.3 Å². The highest BCUT2D eigenvalue weighted by Gasteiger charge is 2.10. The van der Waals surface area contributed by atoms with E-state index in [2.05, 4.69) is 15.5 Å². The van der Waals surface area contributed by atoms with E-state index in [-0.39, 0.29) is 12.5 Å². The van der Waals surface area contributed by atoms with Gasteiger partial charge >= 0.3 is 0 Å². The summed E-state index contributed by atoms with van der Waals surface area (Å²) in [5.41, 5.74) is 8.46. The number of nitrogen functional groups attached to an aromatic ring is 1. The van der Waals surface area contributed by atoms with Crippen molar-refractivity contribution in [1.29, 1.82) is 0 Å². The zero-order valence-electron chi connectivity index (χ0n) is 10.6. The number of ether oxygens (including phenoxy) is 1. The van der Waals surface area contributed by atoms with Crippen LogP contribution in [0.3, 0.4) is 0 Å². The third kappa shape index (κ3) is 3.27. The highest BCUT2D eigenvalue weighted by Crippen LogP contribution is 2.28. The minimum Gasteiger partial charge on any atom is -0.398 e. The first-order chi connectivity index (χ1) is 9.10. The molecule has 0 unspecified atom stereocenters. The zero-order valence-corrected chi connectivity index (χ0v) is 11.5. The lowest BCUT2D eigenvalue weighted by atomic mass is 10.1. The summed E-state index contributed by atoms with van der Waals surface area (Å²) in [6.07, 6.45) is 0. The number of nitrogens with one attached hydrogen (secondary N) is 1. The van der Waals surface area contributed by atoms with E-state index in [0.29, 0.717) is 15.8 Å². The van der Waals surface area contributed by atoms with Gasteiger partial charge in [0.05, 0.1) is 0 Å². The van der Waals surface area contributed by atoms with Crippen molar-refractivity contribution in [2.45, 2.75) is 6.92 Å². The Balaban J connectivity index is 2.16. The molecule has 7 heteroatoms. The van der Waals surface area contributed by atoms with Gasteiger partial charge in [-0.05, 0) is 18.6 Å². The van der Waals surface area contributed by atoms with E-state index in [1.165, 1.54) is 18.4 Å². The number of benzene rings is 1. The second-order valence-corrected chi connectivity index (χ2v) is 4.94. The number of carbonyl (C=O) groups excluding carboxylic acids is 1. The van der Waals surface area contributed by atoms with Crippen LogP contribution in [0.2, 0.25) is 0 Å². The van der Waals surface area contributed by atoms with Crippen molar-refractivity contribution >= 4 is 28.1 Å². The summed E-state index contributed by atoms with van der Waals surface area (Å²) in [6.45, 7) is 1.93. The molecular formula is C12H14N4O2S. The molecule has 1 aromatic heterocycles. The van der Waals surface area contributed by atoms with Crippen molar-refractivity contribution in [1.82, 2.24) is 10.2 Å². The number of methoxy groups -OCH3 is 1. The van der Waals surface area contributed by atoms with Gasteiger partial charge in [0.2, 0.25) is 5.13 Å². The first kappa shape index (κ1) is 13.4. The normalized spacial score (nSPS) is 10.4. The molecule has 0 saturated carbocycles. The molecule has 100 valence electrons. The van der Waals surface area contributed by atoms with E-state index >= 15 is 0 Å². The molecule has 1 amide bonds. The summed E-state index contributed by atoms with van der Waals surface area (Å²) < 4.78 is 4.72. The number of hydrogen-bond donors (Lipinski definition) is 2. The number of hydrogen-bond acceptors (Lipinski definition) is 6. The minimum atomic E-state index is -0.256. The van der Waals surface area contributed by atoms with E-state index in [0.717, 1.165) is 11.1 Å². The Morgan fingerprint density at radius 3 is 2.95 bits per heavy atom. The number of carbonyl (C=O) groups is 1. The Morgan fingerprint density at radius 1 is 1.47 bits per heavy atom. The number of aromatic nitrogens is 2. The maximum Gasteiger partial charge on any atom is 0.252 e. The molecule has 6 nitrogen and oxygen atoms in total. The van der Waals surface area contributed by atoms with Gasteiger partial charge in [-0.25, -0.2) is 0 Å². The largest absolute Gasteiger partial charge is 0.398 e. The van der Waals surface area contributed by atoms with Crippen LogP contribution in [0.15, 0.2) is 18.2 Å². The van der Waals surface area contributed by atoms with Crippen LogP contribution < -0.4 is 11.1 Å². The van der Waals surface area contributed by atoms with Gasteiger partial charge in [0, 0.05) is 18.4 Å². The Labute approximate surface area is 114 Å². The summed E-state index contributed by atoms with van der Waals surface area (Å²) >= 11 is 1.29. The second kappa shape index (κ2) is 5.77. The van der Waals surface area contributed by atoms with Crippen molar-refractivity contribution in [3.05, 3.63) is 23.8 Å². The summed E-state index contributed by atoms with van der Waals surface area (Å²) in [5, 5.41) is 11.7. The molecule has 0 aliphatic carbocycles. The van der Waals surface area contributed by atoms with E-state index in [1.54, 1.807) is 0 Å². The summed E-state index contributed by atoms with van der Waals surface area (Å²) in [5.74, 6) is -0.256. The van der Waals surface area contributed by atoms with Gasteiger partial charge in [0.1, 0.15) is 11.6 Å². The molecule has 19 heavy (non-hydrogen) atoms. The molecule has 1 aromatic carbocycles. The van der Waals surface area contributed by atoms with Crippen LogP contribution in [-0.4, -0.2) is 29.8 Å². The number of anilines is 2. The molecule has 1 heterocycles. The smallest absolute Gasteiger partial charge is 0.252 e. The Hall–Kier alpha value is -1.99. The Bertz CT molecular complexity index is 597. The highest BCUT2D eigenvalue weighted by molar-refractivity contribution is 7.18. The monoisotopic (exact) mass is 278 g/mol. The molecule has 0 spiro atoms. The quantitative estimate of drug-likeness (QED) is 0.830. The molecule has 0 atom stereocenters. The van der Waals surface area contributed by atoms with Crippen LogP contribution in [0.25, 0.3) is 10.6 Å². The van der Waals surface area contributed by atoms with Gasteiger partial charge in [-0.2, -0.15) is 0 Å². The zero-order chi connectivity index (χ0) is 13.8. The van der Waals surface area contributed by atoms with Gasteiger partial charge in [0.25, 0.3) is 5.91 Å². The lowest BCUT2D eigenvalue weighted by Gasteiger charge is -2.01. The van der Waals surface area contributed by atoms with E-state index in [1.807, 2.05) is 25.1 Å². The van der Waals surface area contributed by atoms with E-state index < -0.39 is 0 Å². The van der Waals surface area contributed by atoms with Gasteiger partial charge in [-0.1, -0.05) is 23.5 Å². The average Bonchev–Trinajstić information content (AvgIpc) is 2.81. The summed E-state index contributed by atoms with van der Waals surface area (Å²) in [7, 11) is 1.46. The van der Waals surface area contributed by atoms with Gasteiger partial charge in [-0.15, -0.1) is 10.2 Å². The number of rotatable bonds is 4. The van der Waals surface area contributed by atoms with Crippen LogP contribution in [0.5, 0.6) is 0 Å². The molecule has 2 rings (SSSR count). The van der Waals surface area contributed by atoms with Crippen LogP contribution in [0.1, 0.15) is 5.56 Å². The molecule has 0 bridgehead atoms. The molecular weight excluding hydrogens is 264 g/mol. The molecule has 3 N–H and O–H groups in total. The third-order valence-electron chi connectivity index (χ3n) is 2.47. The van der Waals surface area contributed by atoms with Crippen LogP contribution in [0, 0.1) is 6.92 Å². The number of aryl methyl sites for hydroxylation is 1. The first-order valence-corrected chi connectivity index (χ1v) is 6.40. The number of amides is 1. The van der Waals surface area contributed by atoms with Gasteiger partial charge in [-0.3, -0.25) is 10.1 Å². The fourth-order valence-electron chi connectivity index (χ4n) is 1.45. The van der Waals surface area contributed by atoms with Crippen molar-refractivity contribution in [3.8, 4) is 10.6 Å². The van der Waals surface area contributed by atoms with Crippen molar-refractivity contribution in [2.24, 2.45) is 0 Å². The van der Waals surface area contributed by atoms with Crippen LogP contribution in [-0.2, 0) is 9.53 Å². The maximum absolute atomic E-state index is 11.3. The predicted octanol–water partition coefficient (Wildman–Crippen LogP) is 1.68. The Morgan fingerprint density at radius 2 is 2.26 bits per heavy atom. The Kier molecular flexibility index (Phi) is 4.08. The summed E-state index contributed by atoms with van der Waals surface area (Å²) in [6, 6.07) is 5.69. The molecule has 2 aromatic rings. The van der Waals surface area contributed by atoms with Crippen molar-refractivity contribution < 1.29 is 9.53 Å². The molecule has 0 fully saturated rings. The average molecular weight is 278 g/mol. The lowest BCUT2D eigenvalue weighted by molar-refractivity contribution is -0.119. The molecule has 0 aliphatic heterocycles. The van der Waals surface area contributed by atoms with E-state index in [9.17, 15) is 4.79 Å². The fourth-order valence-corrected chi connectivity index (χ4v) is 2.21. The third-order valence-corrected chi connectivity index (χ3v) is 3.36. The van der Waals surface area contributed by atoms with Gasteiger partial charge in [0.15, 0.2) is 0 Å². The standard InChI is InChI=1S/C12H14N4O2S/c1-7-3-4-8(5-9(7)13)11-15-16-12(19-11)14-10(17)6-18-2/h3-5H,6,13H2,1-2H3,(H,14,16,17). The van der Waals surface area contributed by atoms with Crippen molar-refractivity contribution in [2.75, 3.05) is 24.8 Å². The maximum atomic E-state index is 11.3. The van der Waals surface area contributed by atoms with Gasteiger partial charge < -0.3 is 10.5 Å². The van der Waals surface area contributed by atoms with Crippen LogP contribution in [0.4, 0.5) is 10.8 Å². The molecule has 0 radical (unpaired) electrons. The lowest BCUT2D eigenvalue weighted by Crippen LogP contribution is -2.16. The molecule has 0 saturated heterocycles.